The number of amides is 1. The fourth-order valence-corrected chi connectivity index (χ4v) is 2.70. The Hall–Kier alpha value is -1.14. The molecule has 1 aromatic heterocycles. The molecule has 1 fully saturated rings. The third-order valence-corrected chi connectivity index (χ3v) is 4.29. The lowest BCUT2D eigenvalue weighted by Crippen LogP contribution is -2.51. The molecule has 2 unspecified atom stereocenters. The van der Waals surface area contributed by atoms with Crippen LogP contribution in [-0.4, -0.2) is 48.0 Å². The SMILES string of the molecule is CC(N)C(C)C(=O)N1CCN(c2nccs2)CC1. The maximum absolute atomic E-state index is 12.1. The number of hydrogen-bond acceptors (Lipinski definition) is 5. The molecule has 1 aliphatic rings. The van der Waals surface area contributed by atoms with Crippen LogP contribution in [0.3, 0.4) is 0 Å². The van der Waals surface area contributed by atoms with Crippen molar-refractivity contribution in [3.63, 3.8) is 0 Å². The number of piperazine rings is 1. The molecule has 2 rings (SSSR count). The average Bonchev–Trinajstić information content (AvgIpc) is 2.91. The van der Waals surface area contributed by atoms with Crippen LogP contribution in [0.5, 0.6) is 0 Å². The Morgan fingerprint density at radius 1 is 1.39 bits per heavy atom. The topological polar surface area (TPSA) is 62.5 Å². The third kappa shape index (κ3) is 2.81. The second-order valence-electron chi connectivity index (χ2n) is 4.77. The molecule has 1 amide bonds. The molecule has 1 aromatic rings. The van der Waals surface area contributed by atoms with Gasteiger partial charge in [0.1, 0.15) is 0 Å². The number of anilines is 1. The van der Waals surface area contributed by atoms with Crippen molar-refractivity contribution in [2.75, 3.05) is 31.1 Å². The lowest BCUT2D eigenvalue weighted by atomic mass is 10.0. The Labute approximate surface area is 112 Å². The maximum Gasteiger partial charge on any atom is 0.227 e. The monoisotopic (exact) mass is 268 g/mol. The van der Waals surface area contributed by atoms with Crippen molar-refractivity contribution < 1.29 is 4.79 Å². The van der Waals surface area contributed by atoms with Crippen molar-refractivity contribution in [1.29, 1.82) is 0 Å². The highest BCUT2D eigenvalue weighted by atomic mass is 32.1. The number of carbonyl (C=O) groups excluding carboxylic acids is 1. The van der Waals surface area contributed by atoms with Crippen LogP contribution in [0.2, 0.25) is 0 Å². The van der Waals surface area contributed by atoms with Gasteiger partial charge in [-0.1, -0.05) is 6.92 Å². The normalized spacial score (nSPS) is 19.7. The van der Waals surface area contributed by atoms with Crippen molar-refractivity contribution in [2.45, 2.75) is 19.9 Å². The van der Waals surface area contributed by atoms with Gasteiger partial charge in [-0.25, -0.2) is 4.98 Å². The molecule has 0 aromatic carbocycles. The zero-order valence-electron chi connectivity index (χ0n) is 10.9. The third-order valence-electron chi connectivity index (χ3n) is 3.46. The Balaban J connectivity index is 1.89. The molecule has 0 saturated carbocycles. The van der Waals surface area contributed by atoms with Crippen LogP contribution in [0, 0.1) is 5.92 Å². The van der Waals surface area contributed by atoms with Gasteiger partial charge in [0.25, 0.3) is 0 Å². The number of hydrogen-bond donors (Lipinski definition) is 1. The fraction of sp³-hybridized carbons (Fsp3) is 0.667. The van der Waals surface area contributed by atoms with Gasteiger partial charge in [0, 0.05) is 43.8 Å². The molecule has 2 heterocycles. The fourth-order valence-electron chi connectivity index (χ4n) is 2.00. The molecule has 1 saturated heterocycles. The zero-order chi connectivity index (χ0) is 13.1. The minimum absolute atomic E-state index is 0.0884. The molecule has 6 heteroatoms. The van der Waals surface area contributed by atoms with Crippen molar-refractivity contribution in [3.8, 4) is 0 Å². The molecule has 2 atom stereocenters. The summed E-state index contributed by atoms with van der Waals surface area (Å²) in [5, 5.41) is 3.02. The van der Waals surface area contributed by atoms with Gasteiger partial charge in [0.15, 0.2) is 5.13 Å². The number of nitrogens with zero attached hydrogens (tertiary/aromatic N) is 3. The van der Waals surface area contributed by atoms with Crippen molar-refractivity contribution in [2.24, 2.45) is 11.7 Å². The highest BCUT2D eigenvalue weighted by Gasteiger charge is 2.27. The van der Waals surface area contributed by atoms with Gasteiger partial charge < -0.3 is 15.5 Å². The summed E-state index contributed by atoms with van der Waals surface area (Å²) in [5.74, 6) is 0.0696. The molecular formula is C12H20N4OS. The quantitative estimate of drug-likeness (QED) is 0.880. The van der Waals surface area contributed by atoms with Crippen LogP contribution in [-0.2, 0) is 4.79 Å². The number of aromatic nitrogens is 1. The van der Waals surface area contributed by atoms with Crippen LogP contribution >= 0.6 is 11.3 Å². The summed E-state index contributed by atoms with van der Waals surface area (Å²) in [7, 11) is 0. The van der Waals surface area contributed by atoms with Gasteiger partial charge in [0.2, 0.25) is 5.91 Å². The summed E-state index contributed by atoms with van der Waals surface area (Å²) in [6, 6.07) is -0.0884. The van der Waals surface area contributed by atoms with E-state index in [1.54, 1.807) is 11.3 Å². The second kappa shape index (κ2) is 5.67. The molecule has 1 aliphatic heterocycles. The highest BCUT2D eigenvalue weighted by molar-refractivity contribution is 7.13. The Bertz CT molecular complexity index is 385. The Morgan fingerprint density at radius 3 is 2.56 bits per heavy atom. The standard InChI is InChI=1S/C12H20N4OS/c1-9(10(2)13)11(17)15-4-6-16(7-5-15)12-14-3-8-18-12/h3,8-10H,4-7,13H2,1-2H3. The van der Waals surface area contributed by atoms with E-state index in [-0.39, 0.29) is 17.9 Å². The summed E-state index contributed by atoms with van der Waals surface area (Å²) >= 11 is 1.64. The van der Waals surface area contributed by atoms with Crippen LogP contribution < -0.4 is 10.6 Å². The van der Waals surface area contributed by atoms with E-state index in [1.165, 1.54) is 0 Å². The molecule has 0 bridgehead atoms. The van der Waals surface area contributed by atoms with Crippen LogP contribution in [0.25, 0.3) is 0 Å². The van der Waals surface area contributed by atoms with E-state index in [2.05, 4.69) is 9.88 Å². The summed E-state index contributed by atoms with van der Waals surface area (Å²) < 4.78 is 0. The van der Waals surface area contributed by atoms with Gasteiger partial charge in [-0.05, 0) is 6.92 Å². The van der Waals surface area contributed by atoms with E-state index >= 15 is 0 Å². The van der Waals surface area contributed by atoms with Gasteiger partial charge in [-0.15, -0.1) is 11.3 Å². The van der Waals surface area contributed by atoms with Gasteiger partial charge in [-0.3, -0.25) is 4.79 Å². The molecule has 2 N–H and O–H groups in total. The minimum Gasteiger partial charge on any atom is -0.345 e. The van der Waals surface area contributed by atoms with E-state index in [0.29, 0.717) is 0 Å². The number of thiazole rings is 1. The summed E-state index contributed by atoms with van der Waals surface area (Å²) in [4.78, 5) is 20.6. The first-order chi connectivity index (χ1) is 8.59. The first-order valence-corrected chi connectivity index (χ1v) is 7.16. The molecule has 0 radical (unpaired) electrons. The Kier molecular flexibility index (Phi) is 4.19. The maximum atomic E-state index is 12.1. The van der Waals surface area contributed by atoms with E-state index < -0.39 is 0 Å². The van der Waals surface area contributed by atoms with Crippen LogP contribution in [0.1, 0.15) is 13.8 Å². The van der Waals surface area contributed by atoms with E-state index in [1.807, 2.05) is 30.3 Å². The van der Waals surface area contributed by atoms with E-state index in [4.69, 9.17) is 5.73 Å². The molecule has 18 heavy (non-hydrogen) atoms. The number of carbonyl (C=O) groups is 1. The minimum atomic E-state index is -0.101. The smallest absolute Gasteiger partial charge is 0.227 e. The highest BCUT2D eigenvalue weighted by Crippen LogP contribution is 2.19. The van der Waals surface area contributed by atoms with Gasteiger partial charge in [0.05, 0.1) is 5.92 Å². The molecule has 0 spiro atoms. The second-order valence-corrected chi connectivity index (χ2v) is 5.65. The number of nitrogens with two attached hydrogens (primary N) is 1. The van der Waals surface area contributed by atoms with Crippen molar-refractivity contribution in [3.05, 3.63) is 11.6 Å². The summed E-state index contributed by atoms with van der Waals surface area (Å²) in [5.41, 5.74) is 5.78. The predicted molar refractivity (Wildman–Crippen MR) is 73.7 cm³/mol. The average molecular weight is 268 g/mol. The van der Waals surface area contributed by atoms with Crippen LogP contribution in [0.15, 0.2) is 11.6 Å². The predicted octanol–water partition coefficient (Wildman–Crippen LogP) is 0.775. The Morgan fingerprint density at radius 2 is 2.06 bits per heavy atom. The van der Waals surface area contributed by atoms with Gasteiger partial charge >= 0.3 is 0 Å². The first kappa shape index (κ1) is 13.3. The van der Waals surface area contributed by atoms with Crippen molar-refractivity contribution in [1.82, 2.24) is 9.88 Å². The summed E-state index contributed by atoms with van der Waals surface area (Å²) in [6.07, 6.45) is 1.82. The molecular weight excluding hydrogens is 248 g/mol. The van der Waals surface area contributed by atoms with Crippen molar-refractivity contribution >= 4 is 22.4 Å². The lowest BCUT2D eigenvalue weighted by molar-refractivity contribution is -0.135. The lowest BCUT2D eigenvalue weighted by Gasteiger charge is -2.36. The van der Waals surface area contributed by atoms with Gasteiger partial charge in [-0.2, -0.15) is 0 Å². The summed E-state index contributed by atoms with van der Waals surface area (Å²) in [6.45, 7) is 7.01. The number of rotatable bonds is 3. The first-order valence-electron chi connectivity index (χ1n) is 6.28. The van der Waals surface area contributed by atoms with E-state index in [9.17, 15) is 4.79 Å². The molecule has 100 valence electrons. The molecule has 0 aliphatic carbocycles. The van der Waals surface area contributed by atoms with E-state index in [0.717, 1.165) is 31.3 Å². The molecule has 5 nitrogen and oxygen atoms in total. The largest absolute Gasteiger partial charge is 0.345 e. The van der Waals surface area contributed by atoms with Crippen LogP contribution in [0.4, 0.5) is 5.13 Å². The zero-order valence-corrected chi connectivity index (χ0v) is 11.7.